The maximum absolute atomic E-state index is 13.6. The Bertz CT molecular complexity index is 990. The lowest BCUT2D eigenvalue weighted by molar-refractivity contribution is -0.136. The van der Waals surface area contributed by atoms with Gasteiger partial charge in [-0.2, -0.15) is 4.31 Å². The third-order valence-electron chi connectivity index (χ3n) is 6.73. The smallest absolute Gasteiger partial charge is 0.340 e. The van der Waals surface area contributed by atoms with Gasteiger partial charge in [-0.1, -0.05) is 31.4 Å². The molecule has 0 N–H and O–H groups in total. The summed E-state index contributed by atoms with van der Waals surface area (Å²) in [5, 5.41) is 0. The number of fused-ring (bicyclic) bond motifs is 1. The average molecular weight is 481 g/mol. The van der Waals surface area contributed by atoms with Gasteiger partial charge in [0.05, 0.1) is 19.2 Å². The van der Waals surface area contributed by atoms with Crippen LogP contribution in [0.4, 0.5) is 0 Å². The summed E-state index contributed by atoms with van der Waals surface area (Å²) in [5.74, 6) is -0.489. The molecule has 1 saturated heterocycles. The number of amides is 1. The van der Waals surface area contributed by atoms with Crippen molar-refractivity contribution in [2.75, 3.05) is 26.7 Å². The van der Waals surface area contributed by atoms with E-state index in [9.17, 15) is 18.0 Å². The van der Waals surface area contributed by atoms with Crippen LogP contribution in [-0.4, -0.2) is 56.2 Å². The minimum absolute atomic E-state index is 0.00849. The Morgan fingerprint density at radius 2 is 1.78 bits per heavy atom. The highest BCUT2D eigenvalue weighted by atomic mass is 32.2. The second-order valence-electron chi connectivity index (χ2n) is 8.82. The Morgan fingerprint density at radius 3 is 2.44 bits per heavy atom. The first-order valence-electron chi connectivity index (χ1n) is 11.6. The molecule has 2 aliphatic heterocycles. The number of sulfonamides is 1. The molecule has 3 heterocycles. The van der Waals surface area contributed by atoms with Gasteiger partial charge in [0.2, 0.25) is 5.91 Å². The molecule has 1 aliphatic carbocycles. The van der Waals surface area contributed by atoms with Crippen molar-refractivity contribution in [2.45, 2.75) is 68.5 Å². The van der Waals surface area contributed by atoms with Crippen molar-refractivity contribution < 1.29 is 22.7 Å². The molecular weight excluding hydrogens is 448 g/mol. The van der Waals surface area contributed by atoms with Crippen molar-refractivity contribution in [3.63, 3.8) is 0 Å². The zero-order chi connectivity index (χ0) is 22.7. The third-order valence-corrected chi connectivity index (χ3v) is 10.3. The van der Waals surface area contributed by atoms with Crippen LogP contribution < -0.4 is 0 Å². The molecule has 1 unspecified atom stereocenters. The van der Waals surface area contributed by atoms with Crippen molar-refractivity contribution >= 4 is 33.2 Å². The summed E-state index contributed by atoms with van der Waals surface area (Å²) in [6, 6.07) is 0. The van der Waals surface area contributed by atoms with E-state index in [1.165, 1.54) is 11.4 Å². The first-order chi connectivity index (χ1) is 15.4. The highest BCUT2D eigenvalue weighted by Gasteiger charge is 2.38. The van der Waals surface area contributed by atoms with Gasteiger partial charge in [-0.15, -0.1) is 11.3 Å². The molecule has 0 saturated carbocycles. The molecule has 1 fully saturated rings. The number of carbonyl (C=O) groups excluding carboxylic acids is 2. The minimum Gasteiger partial charge on any atom is -0.465 e. The molecule has 0 bridgehead atoms. The van der Waals surface area contributed by atoms with Crippen LogP contribution in [0, 0.1) is 5.92 Å². The Labute approximate surface area is 194 Å². The van der Waals surface area contributed by atoms with Gasteiger partial charge in [0.25, 0.3) is 10.0 Å². The largest absolute Gasteiger partial charge is 0.465 e. The fraction of sp³-hybridized carbons (Fsp3) is 0.652. The Kier molecular flexibility index (Phi) is 7.37. The number of esters is 1. The molecule has 0 radical (unpaired) electrons. The number of hydrogen-bond acceptors (Lipinski definition) is 6. The van der Waals surface area contributed by atoms with Gasteiger partial charge < -0.3 is 9.64 Å². The predicted octanol–water partition coefficient (Wildman–Crippen LogP) is 3.73. The summed E-state index contributed by atoms with van der Waals surface area (Å²) in [7, 11) is -2.52. The lowest BCUT2D eigenvalue weighted by Crippen LogP contribution is -2.39. The van der Waals surface area contributed by atoms with Crippen LogP contribution >= 0.6 is 11.3 Å². The van der Waals surface area contributed by atoms with Crippen LogP contribution in [0.5, 0.6) is 0 Å². The lowest BCUT2D eigenvalue weighted by atomic mass is 9.92. The standard InChI is InChI=1S/C23H32N2O5S2/c1-30-22(27)20-18-12-15-24(21(26)17-10-6-5-7-11-17)16-19(18)31-23(20)32(28,29)25-13-8-3-2-4-9-14-25/h5-6,17H,2-4,7-16H2,1H3. The minimum atomic E-state index is -3.80. The van der Waals surface area contributed by atoms with E-state index in [4.69, 9.17) is 4.74 Å². The van der Waals surface area contributed by atoms with E-state index in [0.717, 1.165) is 73.1 Å². The Morgan fingerprint density at radius 1 is 1.06 bits per heavy atom. The van der Waals surface area contributed by atoms with Crippen LogP contribution in [0.3, 0.4) is 0 Å². The highest BCUT2D eigenvalue weighted by molar-refractivity contribution is 7.91. The second kappa shape index (κ2) is 10.1. The van der Waals surface area contributed by atoms with Gasteiger partial charge in [0.15, 0.2) is 0 Å². The molecular formula is C23H32N2O5S2. The Balaban J connectivity index is 1.64. The van der Waals surface area contributed by atoms with Gasteiger partial charge >= 0.3 is 5.97 Å². The van der Waals surface area contributed by atoms with Crippen LogP contribution in [0.25, 0.3) is 0 Å². The van der Waals surface area contributed by atoms with Crippen molar-refractivity contribution in [3.05, 3.63) is 28.2 Å². The van der Waals surface area contributed by atoms with Crippen LogP contribution in [-0.2, 0) is 32.5 Å². The molecule has 0 aromatic carbocycles. The van der Waals surface area contributed by atoms with Gasteiger partial charge in [-0.05, 0) is 44.1 Å². The number of rotatable bonds is 4. The lowest BCUT2D eigenvalue weighted by Gasteiger charge is -2.31. The number of hydrogen-bond donors (Lipinski definition) is 0. The molecule has 1 amide bonds. The summed E-state index contributed by atoms with van der Waals surface area (Å²) in [5.41, 5.74) is 0.919. The van der Waals surface area contributed by atoms with Crippen LogP contribution in [0.15, 0.2) is 16.4 Å². The van der Waals surface area contributed by atoms with Gasteiger partial charge in [-0.25, -0.2) is 13.2 Å². The van der Waals surface area contributed by atoms with E-state index in [1.54, 1.807) is 0 Å². The van der Waals surface area contributed by atoms with Crippen LogP contribution in [0.2, 0.25) is 0 Å². The van der Waals surface area contributed by atoms with Crippen LogP contribution in [0.1, 0.15) is 72.2 Å². The summed E-state index contributed by atoms with van der Waals surface area (Å²) in [6.07, 6.45) is 12.0. The van der Waals surface area contributed by atoms with E-state index >= 15 is 0 Å². The third kappa shape index (κ3) is 4.65. The zero-order valence-corrected chi connectivity index (χ0v) is 20.3. The fourth-order valence-corrected chi connectivity index (χ4v) is 8.47. The number of ether oxygens (including phenoxy) is 1. The maximum atomic E-state index is 13.6. The van der Waals surface area contributed by atoms with E-state index in [1.807, 2.05) is 4.90 Å². The molecule has 7 nitrogen and oxygen atoms in total. The van der Waals surface area contributed by atoms with Crippen molar-refractivity contribution in [1.82, 2.24) is 9.21 Å². The Hall–Kier alpha value is -1.71. The monoisotopic (exact) mass is 480 g/mol. The fourth-order valence-electron chi connectivity index (χ4n) is 4.91. The molecule has 0 spiro atoms. The molecule has 32 heavy (non-hydrogen) atoms. The van der Waals surface area contributed by atoms with E-state index in [0.29, 0.717) is 32.6 Å². The molecule has 1 aromatic rings. The molecule has 4 rings (SSSR count). The van der Waals surface area contributed by atoms with E-state index < -0.39 is 16.0 Å². The number of methoxy groups -OCH3 is 1. The number of carbonyl (C=O) groups is 2. The van der Waals surface area contributed by atoms with Crippen molar-refractivity contribution in [3.8, 4) is 0 Å². The first kappa shape index (κ1) is 23.4. The molecule has 3 aliphatic rings. The summed E-state index contributed by atoms with van der Waals surface area (Å²) in [6.45, 7) is 1.81. The molecule has 9 heteroatoms. The normalized spacial score (nSPS) is 22.7. The van der Waals surface area contributed by atoms with E-state index in [-0.39, 0.29) is 21.6 Å². The van der Waals surface area contributed by atoms with Gasteiger partial charge in [0, 0.05) is 30.4 Å². The van der Waals surface area contributed by atoms with Crippen molar-refractivity contribution in [1.29, 1.82) is 0 Å². The summed E-state index contributed by atoms with van der Waals surface area (Å²) >= 11 is 1.15. The SMILES string of the molecule is COC(=O)c1c(S(=O)(=O)N2CCCCCCC2)sc2c1CCN(C(=O)C1CC=CCC1)C2. The molecule has 1 aromatic heterocycles. The second-order valence-corrected chi connectivity index (χ2v) is 12.1. The maximum Gasteiger partial charge on any atom is 0.340 e. The summed E-state index contributed by atoms with van der Waals surface area (Å²) in [4.78, 5) is 28.4. The summed E-state index contributed by atoms with van der Waals surface area (Å²) < 4.78 is 33.8. The number of nitrogens with zero attached hydrogens (tertiary/aromatic N) is 2. The number of thiophene rings is 1. The number of allylic oxidation sites excluding steroid dienone is 2. The topological polar surface area (TPSA) is 84.0 Å². The molecule has 176 valence electrons. The van der Waals surface area contributed by atoms with Gasteiger partial charge in [-0.3, -0.25) is 4.79 Å². The zero-order valence-electron chi connectivity index (χ0n) is 18.7. The molecule has 1 atom stereocenters. The average Bonchev–Trinajstić information content (AvgIpc) is 3.18. The van der Waals surface area contributed by atoms with E-state index in [2.05, 4.69) is 12.2 Å². The van der Waals surface area contributed by atoms with Gasteiger partial charge in [0.1, 0.15) is 4.21 Å². The predicted molar refractivity (Wildman–Crippen MR) is 123 cm³/mol. The first-order valence-corrected chi connectivity index (χ1v) is 13.9. The quantitative estimate of drug-likeness (QED) is 0.484. The van der Waals surface area contributed by atoms with Crippen molar-refractivity contribution in [2.24, 2.45) is 5.92 Å². The highest BCUT2D eigenvalue weighted by Crippen LogP contribution is 2.39.